The molecule has 1 nitrogen and oxygen atoms in total. The van der Waals surface area contributed by atoms with Gasteiger partial charge >= 0.3 is 0 Å². The molecular formula is C50H69NS. The fourth-order valence-corrected chi connectivity index (χ4v) is 9.97. The molecule has 6 aromatic rings. The molecule has 0 radical (unpaired) electrons. The summed E-state index contributed by atoms with van der Waals surface area (Å²) >= 11 is 1.97. The Kier molecular flexibility index (Phi) is 15.8. The number of fused-ring (bicyclic) bond motifs is 9. The highest BCUT2D eigenvalue weighted by Gasteiger charge is 2.14. The SMILES string of the molecule is CCCCCCCCCCCCCCc1ccc2[nH]c3c(ccc4c3ccc3c5cc(CCCCCCCCCCCCCC)ccc5sc34)c2c1. The molecule has 0 aliphatic rings. The summed E-state index contributed by atoms with van der Waals surface area (Å²) in [6.45, 7) is 4.61. The Morgan fingerprint density at radius 2 is 0.788 bits per heavy atom. The van der Waals surface area contributed by atoms with E-state index in [1.165, 1.54) is 231 Å². The van der Waals surface area contributed by atoms with Crippen molar-refractivity contribution in [1.82, 2.24) is 4.98 Å². The van der Waals surface area contributed by atoms with Crippen LogP contribution < -0.4 is 0 Å². The third-order valence-electron chi connectivity index (χ3n) is 12.0. The maximum absolute atomic E-state index is 3.83. The van der Waals surface area contributed by atoms with E-state index in [9.17, 15) is 0 Å². The highest BCUT2D eigenvalue weighted by molar-refractivity contribution is 7.26. The van der Waals surface area contributed by atoms with Gasteiger partial charge in [-0.25, -0.2) is 0 Å². The molecular weight excluding hydrogens is 647 g/mol. The third-order valence-corrected chi connectivity index (χ3v) is 13.2. The van der Waals surface area contributed by atoms with Crippen molar-refractivity contribution in [3.63, 3.8) is 0 Å². The number of hydrogen-bond acceptors (Lipinski definition) is 1. The van der Waals surface area contributed by atoms with Crippen LogP contribution in [0.25, 0.3) is 52.8 Å². The first-order chi connectivity index (χ1) is 25.8. The van der Waals surface area contributed by atoms with Gasteiger partial charge in [-0.05, 0) is 61.1 Å². The molecule has 0 fully saturated rings. The Balaban J connectivity index is 1.00. The quantitative estimate of drug-likeness (QED) is 0.0538. The lowest BCUT2D eigenvalue weighted by Gasteiger charge is -2.05. The Morgan fingerprint density at radius 3 is 1.31 bits per heavy atom. The van der Waals surface area contributed by atoms with Gasteiger partial charge in [0.2, 0.25) is 0 Å². The van der Waals surface area contributed by atoms with E-state index in [4.69, 9.17) is 0 Å². The van der Waals surface area contributed by atoms with Crippen LogP contribution in [-0.2, 0) is 12.8 Å². The molecule has 0 atom stereocenters. The largest absolute Gasteiger partial charge is 0.354 e. The van der Waals surface area contributed by atoms with Crippen LogP contribution in [0, 0.1) is 0 Å². The standard InChI is InChI=1S/C50H69NS/c1-3-5-7-9-11-13-15-17-19-21-23-25-27-39-29-35-47-45(37-39)42-32-33-43-41(49(42)51-47)31-34-44-46-38-40(30-36-48(46)52-50(43)44)28-26-24-22-20-18-16-14-12-10-8-6-4-2/h29-38,51H,3-28H2,1-2H3. The third kappa shape index (κ3) is 10.6. The summed E-state index contributed by atoms with van der Waals surface area (Å²) in [5.41, 5.74) is 5.55. The van der Waals surface area contributed by atoms with Crippen molar-refractivity contribution in [2.24, 2.45) is 0 Å². The predicted molar refractivity (Wildman–Crippen MR) is 236 cm³/mol. The average Bonchev–Trinajstić information content (AvgIpc) is 3.74. The first-order valence-corrected chi connectivity index (χ1v) is 22.9. The molecule has 4 aromatic carbocycles. The van der Waals surface area contributed by atoms with E-state index in [0.29, 0.717) is 0 Å². The molecule has 280 valence electrons. The molecule has 0 aliphatic carbocycles. The minimum atomic E-state index is 1.19. The van der Waals surface area contributed by atoms with Gasteiger partial charge < -0.3 is 4.98 Å². The summed E-state index contributed by atoms with van der Waals surface area (Å²) in [5, 5.41) is 8.35. The highest BCUT2D eigenvalue weighted by atomic mass is 32.1. The zero-order chi connectivity index (χ0) is 35.8. The molecule has 2 aromatic heterocycles. The van der Waals surface area contributed by atoms with Crippen molar-refractivity contribution in [3.05, 3.63) is 71.8 Å². The van der Waals surface area contributed by atoms with E-state index >= 15 is 0 Å². The van der Waals surface area contributed by atoms with Gasteiger partial charge in [-0.3, -0.25) is 0 Å². The van der Waals surface area contributed by atoms with Crippen molar-refractivity contribution in [2.45, 2.75) is 181 Å². The van der Waals surface area contributed by atoms with Crippen LogP contribution >= 0.6 is 11.3 Å². The van der Waals surface area contributed by atoms with Gasteiger partial charge in [0, 0.05) is 47.2 Å². The number of nitrogens with one attached hydrogen (secondary N) is 1. The molecule has 0 saturated heterocycles. The smallest absolute Gasteiger partial charge is 0.0545 e. The van der Waals surface area contributed by atoms with Crippen molar-refractivity contribution >= 4 is 64.1 Å². The van der Waals surface area contributed by atoms with Gasteiger partial charge in [0.15, 0.2) is 0 Å². The van der Waals surface area contributed by atoms with Crippen LogP contribution in [0.4, 0.5) is 0 Å². The topological polar surface area (TPSA) is 15.8 Å². The minimum absolute atomic E-state index is 1.19. The fraction of sp³-hybridized carbons (Fsp3) is 0.560. The molecule has 0 amide bonds. The number of aromatic amines is 1. The van der Waals surface area contributed by atoms with Crippen molar-refractivity contribution in [3.8, 4) is 0 Å². The molecule has 0 unspecified atom stereocenters. The van der Waals surface area contributed by atoms with E-state index in [2.05, 4.69) is 79.5 Å². The van der Waals surface area contributed by atoms with Gasteiger partial charge in [-0.1, -0.05) is 192 Å². The summed E-state index contributed by atoms with van der Waals surface area (Å²) in [4.78, 5) is 3.83. The Hall–Kier alpha value is -2.84. The Bertz CT molecular complexity index is 1800. The van der Waals surface area contributed by atoms with Gasteiger partial charge in [-0.15, -0.1) is 11.3 Å². The van der Waals surface area contributed by atoms with Gasteiger partial charge in [0.25, 0.3) is 0 Å². The van der Waals surface area contributed by atoms with Crippen molar-refractivity contribution in [1.29, 1.82) is 0 Å². The van der Waals surface area contributed by atoms with Gasteiger partial charge in [0.05, 0.1) is 5.52 Å². The second kappa shape index (κ2) is 21.2. The highest BCUT2D eigenvalue weighted by Crippen LogP contribution is 2.41. The second-order valence-corrected chi connectivity index (χ2v) is 17.3. The van der Waals surface area contributed by atoms with Gasteiger partial charge in [-0.2, -0.15) is 0 Å². The number of unbranched alkanes of at least 4 members (excludes halogenated alkanes) is 22. The molecule has 0 aliphatic heterocycles. The number of benzene rings is 4. The summed E-state index contributed by atoms with van der Waals surface area (Å²) in [6.07, 6.45) is 36.2. The maximum atomic E-state index is 3.83. The molecule has 0 saturated carbocycles. The molecule has 1 N–H and O–H groups in total. The van der Waals surface area contributed by atoms with Crippen LogP contribution in [-0.4, -0.2) is 4.98 Å². The minimum Gasteiger partial charge on any atom is -0.354 e. The molecule has 0 bridgehead atoms. The van der Waals surface area contributed by atoms with Crippen LogP contribution in [0.5, 0.6) is 0 Å². The van der Waals surface area contributed by atoms with E-state index in [-0.39, 0.29) is 0 Å². The van der Waals surface area contributed by atoms with Crippen LogP contribution in [0.1, 0.15) is 179 Å². The predicted octanol–water partition coefficient (Wildman–Crippen LogP) is 17.3. The van der Waals surface area contributed by atoms with Gasteiger partial charge in [0.1, 0.15) is 0 Å². The summed E-state index contributed by atoms with van der Waals surface area (Å²) in [6, 6.07) is 24.0. The lowest BCUT2D eigenvalue weighted by Crippen LogP contribution is -1.87. The molecule has 0 spiro atoms. The number of thiophene rings is 1. The summed E-state index contributed by atoms with van der Waals surface area (Å²) in [7, 11) is 0. The zero-order valence-electron chi connectivity index (χ0n) is 33.1. The number of aromatic nitrogens is 1. The summed E-state index contributed by atoms with van der Waals surface area (Å²) < 4.78 is 2.85. The maximum Gasteiger partial charge on any atom is 0.0545 e. The van der Waals surface area contributed by atoms with Crippen molar-refractivity contribution < 1.29 is 0 Å². The van der Waals surface area contributed by atoms with Crippen LogP contribution in [0.15, 0.2) is 60.7 Å². The Labute approximate surface area is 320 Å². The first kappa shape index (κ1) is 38.9. The molecule has 6 rings (SSSR count). The number of aryl methyl sites for hydroxylation is 2. The molecule has 2 heterocycles. The van der Waals surface area contributed by atoms with E-state index in [0.717, 1.165) is 0 Å². The van der Waals surface area contributed by atoms with E-state index in [1.807, 2.05) is 11.3 Å². The normalized spacial score (nSPS) is 12.1. The fourth-order valence-electron chi connectivity index (χ4n) is 8.75. The number of rotatable bonds is 26. The zero-order valence-corrected chi connectivity index (χ0v) is 33.9. The first-order valence-electron chi connectivity index (χ1n) is 22.1. The van der Waals surface area contributed by atoms with E-state index in [1.54, 1.807) is 0 Å². The van der Waals surface area contributed by atoms with Crippen LogP contribution in [0.3, 0.4) is 0 Å². The molecule has 52 heavy (non-hydrogen) atoms. The van der Waals surface area contributed by atoms with Crippen molar-refractivity contribution in [2.75, 3.05) is 0 Å². The van der Waals surface area contributed by atoms with E-state index < -0.39 is 0 Å². The Morgan fingerprint density at radius 1 is 0.385 bits per heavy atom. The number of hydrogen-bond donors (Lipinski definition) is 1. The monoisotopic (exact) mass is 716 g/mol. The number of H-pyrrole nitrogens is 1. The average molecular weight is 716 g/mol. The summed E-state index contributed by atoms with van der Waals surface area (Å²) in [5.74, 6) is 0. The van der Waals surface area contributed by atoms with Crippen LogP contribution in [0.2, 0.25) is 0 Å². The lowest BCUT2D eigenvalue weighted by atomic mass is 10.00. The second-order valence-electron chi connectivity index (χ2n) is 16.2. The lowest BCUT2D eigenvalue weighted by molar-refractivity contribution is 0.544. The molecule has 2 heteroatoms.